The first-order valence-corrected chi connectivity index (χ1v) is 13.0. The molecular weight excluding hydrogens is 491 g/mol. The fourth-order valence-electron chi connectivity index (χ4n) is 4.61. The van der Waals surface area contributed by atoms with Gasteiger partial charge in [-0.1, -0.05) is 45.0 Å². The van der Waals surface area contributed by atoms with Crippen molar-refractivity contribution >= 4 is 22.7 Å². The second-order valence-corrected chi connectivity index (χ2v) is 9.91. The van der Waals surface area contributed by atoms with Gasteiger partial charge in [-0.05, 0) is 71.1 Å². The third-order valence-electron chi connectivity index (χ3n) is 6.64. The first-order valence-electron chi connectivity index (χ1n) is 13.0. The van der Waals surface area contributed by atoms with Crippen LogP contribution in [0, 0.1) is 11.7 Å². The van der Waals surface area contributed by atoms with Crippen LogP contribution in [0.4, 0.5) is 4.39 Å². The maximum absolute atomic E-state index is 13.6. The maximum Gasteiger partial charge on any atom is 0.251 e. The Bertz CT molecular complexity index is 1650. The molecule has 196 valence electrons. The Hall–Kier alpha value is -4.58. The highest BCUT2D eigenvalue weighted by molar-refractivity contribution is 6.13. The molecule has 0 aliphatic rings. The smallest absolute Gasteiger partial charge is 0.251 e. The van der Waals surface area contributed by atoms with Crippen molar-refractivity contribution in [3.63, 3.8) is 0 Å². The van der Waals surface area contributed by atoms with Crippen LogP contribution in [0.1, 0.15) is 47.9 Å². The van der Waals surface area contributed by atoms with E-state index in [0.717, 1.165) is 22.3 Å². The monoisotopic (exact) mass is 520 g/mol. The van der Waals surface area contributed by atoms with Gasteiger partial charge in [-0.15, -0.1) is 0 Å². The van der Waals surface area contributed by atoms with E-state index in [1.165, 1.54) is 12.1 Å². The summed E-state index contributed by atoms with van der Waals surface area (Å²) in [5.41, 5.74) is 5.54. The number of ketones is 1. The predicted molar refractivity (Wildman–Crippen MR) is 152 cm³/mol. The molecule has 0 spiro atoms. The second kappa shape index (κ2) is 11.0. The van der Waals surface area contributed by atoms with Crippen molar-refractivity contribution in [2.24, 2.45) is 5.92 Å². The topological polar surface area (TPSA) is 72.2 Å². The molecular formula is C33H29FN2O3. The zero-order valence-electron chi connectivity index (χ0n) is 22.1. The van der Waals surface area contributed by atoms with Crippen molar-refractivity contribution in [2.45, 2.75) is 27.2 Å². The van der Waals surface area contributed by atoms with Crippen LogP contribution in [-0.4, -0.2) is 23.2 Å². The number of carbonyl (C=O) groups is 2. The van der Waals surface area contributed by atoms with Gasteiger partial charge >= 0.3 is 0 Å². The number of benzene rings is 3. The van der Waals surface area contributed by atoms with Crippen LogP contribution in [-0.2, 0) is 0 Å². The van der Waals surface area contributed by atoms with Gasteiger partial charge in [-0.3, -0.25) is 14.6 Å². The average molecular weight is 521 g/mol. The van der Waals surface area contributed by atoms with Crippen LogP contribution in [0.3, 0.4) is 0 Å². The number of aromatic nitrogens is 1. The lowest BCUT2D eigenvalue weighted by atomic mass is 9.93. The number of Topliss-reactive ketones (excluding diaryl/α,β-unsaturated/α-hetero) is 1. The molecule has 0 saturated carbocycles. The van der Waals surface area contributed by atoms with E-state index in [4.69, 9.17) is 4.42 Å². The van der Waals surface area contributed by atoms with Gasteiger partial charge in [-0.25, -0.2) is 4.39 Å². The van der Waals surface area contributed by atoms with E-state index >= 15 is 0 Å². The molecule has 0 atom stereocenters. The van der Waals surface area contributed by atoms with E-state index in [-0.39, 0.29) is 17.5 Å². The highest BCUT2D eigenvalue weighted by atomic mass is 19.1. The Balaban J connectivity index is 1.64. The molecule has 39 heavy (non-hydrogen) atoms. The maximum atomic E-state index is 13.6. The normalized spacial score (nSPS) is 11.2. The van der Waals surface area contributed by atoms with Crippen molar-refractivity contribution in [1.82, 2.24) is 10.3 Å². The molecule has 2 aromatic heterocycles. The van der Waals surface area contributed by atoms with E-state index in [1.54, 1.807) is 31.5 Å². The van der Waals surface area contributed by atoms with E-state index < -0.39 is 0 Å². The number of halogens is 1. The minimum Gasteiger partial charge on any atom is -0.455 e. The summed E-state index contributed by atoms with van der Waals surface area (Å²) in [7, 11) is 0. The van der Waals surface area contributed by atoms with E-state index in [0.29, 0.717) is 52.3 Å². The number of pyridine rings is 1. The van der Waals surface area contributed by atoms with Crippen LogP contribution >= 0.6 is 0 Å². The molecule has 0 saturated heterocycles. The van der Waals surface area contributed by atoms with Crippen molar-refractivity contribution in [3.8, 4) is 33.6 Å². The van der Waals surface area contributed by atoms with Gasteiger partial charge in [0, 0.05) is 47.4 Å². The van der Waals surface area contributed by atoms with Gasteiger partial charge in [0.2, 0.25) is 0 Å². The number of nitrogens with one attached hydrogen (secondary N) is 1. The third-order valence-corrected chi connectivity index (χ3v) is 6.64. The average Bonchev–Trinajstić information content (AvgIpc) is 3.34. The number of amides is 1. The lowest BCUT2D eigenvalue weighted by Crippen LogP contribution is -2.27. The van der Waals surface area contributed by atoms with Crippen LogP contribution < -0.4 is 5.32 Å². The van der Waals surface area contributed by atoms with Crippen molar-refractivity contribution in [1.29, 1.82) is 0 Å². The molecule has 1 amide bonds. The number of hydrogen-bond donors (Lipinski definition) is 1. The van der Waals surface area contributed by atoms with E-state index in [1.807, 2.05) is 62.4 Å². The molecule has 6 heteroatoms. The predicted octanol–water partition coefficient (Wildman–Crippen LogP) is 7.95. The number of fused-ring (bicyclic) bond motifs is 1. The SMILES string of the molecule is CCC(=O)c1c(-c2ccc(F)cc2)oc2ccc(-c3ccc(-c4cccnc4)c(C(=O)NCC(C)C)c3)cc12. The van der Waals surface area contributed by atoms with Gasteiger partial charge in [0.15, 0.2) is 5.78 Å². The Morgan fingerprint density at radius 3 is 2.33 bits per heavy atom. The molecule has 0 fully saturated rings. The molecule has 0 aliphatic heterocycles. The largest absolute Gasteiger partial charge is 0.455 e. The summed E-state index contributed by atoms with van der Waals surface area (Å²) in [6.07, 6.45) is 3.74. The summed E-state index contributed by atoms with van der Waals surface area (Å²) < 4.78 is 19.7. The zero-order chi connectivity index (χ0) is 27.5. The lowest BCUT2D eigenvalue weighted by molar-refractivity contribution is 0.0948. The fraction of sp³-hybridized carbons (Fsp3) is 0.182. The summed E-state index contributed by atoms with van der Waals surface area (Å²) in [6, 6.07) is 21.1. The Morgan fingerprint density at radius 1 is 0.923 bits per heavy atom. The summed E-state index contributed by atoms with van der Waals surface area (Å²) in [6.45, 7) is 6.46. The number of nitrogens with zero attached hydrogens (tertiary/aromatic N) is 1. The van der Waals surface area contributed by atoms with Crippen LogP contribution in [0.5, 0.6) is 0 Å². The van der Waals surface area contributed by atoms with Gasteiger partial charge < -0.3 is 9.73 Å². The Morgan fingerprint density at radius 2 is 1.64 bits per heavy atom. The molecule has 1 N–H and O–H groups in total. The summed E-state index contributed by atoms with van der Waals surface area (Å²) in [5, 5.41) is 3.71. The van der Waals surface area contributed by atoms with Crippen molar-refractivity contribution in [2.75, 3.05) is 6.54 Å². The van der Waals surface area contributed by atoms with Gasteiger partial charge in [0.05, 0.1) is 5.56 Å². The molecule has 5 aromatic rings. The van der Waals surface area contributed by atoms with Crippen molar-refractivity contribution in [3.05, 3.63) is 102 Å². The number of hydrogen-bond acceptors (Lipinski definition) is 4. The molecule has 0 bridgehead atoms. The number of rotatable bonds is 8. The highest BCUT2D eigenvalue weighted by Crippen LogP contribution is 2.37. The van der Waals surface area contributed by atoms with Crippen LogP contribution in [0.25, 0.3) is 44.5 Å². The standard InChI is InChI=1S/C33H29FN2O3/c1-4-29(37)31-28-17-23(10-14-30(28)39-32(31)21-7-11-25(34)12-8-21)22-9-13-26(24-6-5-15-35-19-24)27(16-22)33(38)36-18-20(2)3/h5-17,19-20H,4,18H2,1-3H3,(H,36,38). The van der Waals surface area contributed by atoms with Gasteiger partial charge in [-0.2, -0.15) is 0 Å². The van der Waals surface area contributed by atoms with Crippen LogP contribution in [0.2, 0.25) is 0 Å². The number of furan rings is 1. The highest BCUT2D eigenvalue weighted by Gasteiger charge is 2.22. The summed E-state index contributed by atoms with van der Waals surface area (Å²) in [4.78, 5) is 30.6. The summed E-state index contributed by atoms with van der Waals surface area (Å²) in [5.74, 6) is 0.158. The molecule has 0 unspecified atom stereocenters. The van der Waals surface area contributed by atoms with Crippen molar-refractivity contribution < 1.29 is 18.4 Å². The lowest BCUT2D eigenvalue weighted by Gasteiger charge is -2.14. The van der Waals surface area contributed by atoms with Gasteiger partial charge in [0.1, 0.15) is 17.2 Å². The summed E-state index contributed by atoms with van der Waals surface area (Å²) >= 11 is 0. The zero-order valence-corrected chi connectivity index (χ0v) is 22.1. The minimum absolute atomic E-state index is 0.0640. The Labute approximate surface area is 226 Å². The van der Waals surface area contributed by atoms with Crippen LogP contribution in [0.15, 0.2) is 89.6 Å². The van der Waals surface area contributed by atoms with Gasteiger partial charge in [0.25, 0.3) is 5.91 Å². The molecule has 2 heterocycles. The fourth-order valence-corrected chi connectivity index (χ4v) is 4.61. The molecule has 0 radical (unpaired) electrons. The molecule has 5 rings (SSSR count). The third kappa shape index (κ3) is 5.36. The quantitative estimate of drug-likeness (QED) is 0.211. The van der Waals surface area contributed by atoms with E-state index in [2.05, 4.69) is 10.3 Å². The second-order valence-electron chi connectivity index (χ2n) is 9.91. The first kappa shape index (κ1) is 26.0. The minimum atomic E-state index is -0.358. The van der Waals surface area contributed by atoms with E-state index in [9.17, 15) is 14.0 Å². The molecule has 0 aliphatic carbocycles. The Kier molecular flexibility index (Phi) is 7.37. The first-order chi connectivity index (χ1) is 18.9. The molecule has 5 nitrogen and oxygen atoms in total. The molecule has 3 aromatic carbocycles. The number of carbonyl (C=O) groups excluding carboxylic acids is 2.